The third kappa shape index (κ3) is 3.48. The summed E-state index contributed by atoms with van der Waals surface area (Å²) in [6, 6.07) is 6.50. The van der Waals surface area contributed by atoms with E-state index in [1.165, 1.54) is 11.3 Å². The molecule has 1 unspecified atom stereocenters. The van der Waals surface area contributed by atoms with E-state index in [4.69, 9.17) is 0 Å². The maximum atomic E-state index is 9.74. The highest BCUT2D eigenvalue weighted by molar-refractivity contribution is 6.09. The minimum atomic E-state index is -0.195. The Bertz CT molecular complexity index is 653. The topological polar surface area (TPSA) is 47.9 Å². The van der Waals surface area contributed by atoms with Crippen molar-refractivity contribution in [2.45, 2.75) is 32.8 Å². The Labute approximate surface area is 138 Å². The summed E-state index contributed by atoms with van der Waals surface area (Å²) in [6.07, 6.45) is 5.84. The Morgan fingerprint density at radius 2 is 2.04 bits per heavy atom. The van der Waals surface area contributed by atoms with Crippen LogP contribution in [0.1, 0.15) is 30.9 Å². The average Bonchev–Trinajstić information content (AvgIpc) is 2.55. The van der Waals surface area contributed by atoms with Crippen molar-refractivity contribution in [2.75, 3.05) is 18.0 Å². The van der Waals surface area contributed by atoms with Crippen molar-refractivity contribution in [3.63, 3.8) is 0 Å². The molecule has 0 bridgehead atoms. The molecule has 0 spiro atoms. The molecule has 2 N–H and O–H groups in total. The van der Waals surface area contributed by atoms with Gasteiger partial charge in [0.15, 0.2) is 0 Å². The number of nitrogens with one attached hydrogen (secondary N) is 1. The van der Waals surface area contributed by atoms with Gasteiger partial charge >= 0.3 is 0 Å². The third-order valence-electron chi connectivity index (χ3n) is 4.82. The molecule has 4 heteroatoms. The van der Waals surface area contributed by atoms with E-state index in [9.17, 15) is 5.11 Å². The van der Waals surface area contributed by atoms with Gasteiger partial charge in [-0.25, -0.2) is 0 Å². The van der Waals surface area contributed by atoms with Crippen molar-refractivity contribution in [3.05, 3.63) is 53.8 Å². The van der Waals surface area contributed by atoms with E-state index < -0.39 is 0 Å². The lowest BCUT2D eigenvalue weighted by molar-refractivity contribution is 0.110. The second kappa shape index (κ2) is 6.59. The number of hydrogen-bond donors (Lipinski definition) is 2. The van der Waals surface area contributed by atoms with Crippen molar-refractivity contribution in [1.82, 2.24) is 5.43 Å². The van der Waals surface area contributed by atoms with E-state index in [1.54, 1.807) is 0 Å². The number of hydrogen-bond acceptors (Lipinski definition) is 4. The first kappa shape index (κ1) is 15.8. The molecule has 1 aromatic rings. The molecule has 1 fully saturated rings. The zero-order valence-corrected chi connectivity index (χ0v) is 13.9. The van der Waals surface area contributed by atoms with Crippen LogP contribution in [-0.2, 0) is 0 Å². The standard InChI is InChI=1S/C19H25N3O/c1-13-12-17(18-6-4-14(2)20-21-18)5-7-19(13)22-10-8-16(9-11-22)15(3)23/h4-7,12,15-16,20,23H,2,8-11H2,1,3H3. The first-order valence-electron chi connectivity index (χ1n) is 8.29. The SMILES string of the molecule is C=C1C=CC(c2ccc(N3CCC(C(C)O)CC3)c(C)c2)=NN1. The molecular formula is C19H25N3O. The zero-order valence-electron chi connectivity index (χ0n) is 13.9. The van der Waals surface area contributed by atoms with Gasteiger partial charge in [-0.05, 0) is 62.5 Å². The minimum Gasteiger partial charge on any atom is -0.393 e. The molecule has 1 saturated heterocycles. The highest BCUT2D eigenvalue weighted by Gasteiger charge is 2.23. The number of nitrogens with zero attached hydrogens (tertiary/aromatic N) is 2. The summed E-state index contributed by atoms with van der Waals surface area (Å²) in [6.45, 7) is 9.90. The highest BCUT2D eigenvalue weighted by Crippen LogP contribution is 2.28. The summed E-state index contributed by atoms with van der Waals surface area (Å²) in [4.78, 5) is 2.43. The van der Waals surface area contributed by atoms with Crippen molar-refractivity contribution in [2.24, 2.45) is 11.0 Å². The van der Waals surface area contributed by atoms with Gasteiger partial charge in [-0.2, -0.15) is 5.10 Å². The van der Waals surface area contributed by atoms with Crippen LogP contribution in [0.4, 0.5) is 5.69 Å². The number of piperidine rings is 1. The fraction of sp³-hybridized carbons (Fsp3) is 0.421. The Morgan fingerprint density at radius 1 is 1.30 bits per heavy atom. The van der Waals surface area contributed by atoms with E-state index in [0.717, 1.165) is 42.9 Å². The molecule has 1 atom stereocenters. The number of allylic oxidation sites excluding steroid dienone is 2. The van der Waals surface area contributed by atoms with Gasteiger partial charge in [-0.1, -0.05) is 12.6 Å². The normalized spacial score (nSPS) is 20.2. The lowest BCUT2D eigenvalue weighted by Gasteiger charge is -2.35. The Hall–Kier alpha value is -2.07. The minimum absolute atomic E-state index is 0.195. The molecule has 0 amide bonds. The van der Waals surface area contributed by atoms with Crippen molar-refractivity contribution in [1.29, 1.82) is 0 Å². The van der Waals surface area contributed by atoms with Gasteiger partial charge in [0.2, 0.25) is 0 Å². The van der Waals surface area contributed by atoms with Crippen LogP contribution in [0.5, 0.6) is 0 Å². The largest absolute Gasteiger partial charge is 0.393 e. The van der Waals surface area contributed by atoms with Crippen molar-refractivity contribution in [3.8, 4) is 0 Å². The van der Waals surface area contributed by atoms with Gasteiger partial charge < -0.3 is 10.0 Å². The molecule has 3 rings (SSSR count). The van der Waals surface area contributed by atoms with E-state index in [1.807, 2.05) is 19.1 Å². The maximum absolute atomic E-state index is 9.74. The van der Waals surface area contributed by atoms with Crippen LogP contribution in [0, 0.1) is 12.8 Å². The van der Waals surface area contributed by atoms with Crippen LogP contribution < -0.4 is 10.3 Å². The summed E-state index contributed by atoms with van der Waals surface area (Å²) in [5, 5.41) is 14.1. The number of hydrazone groups is 1. The predicted molar refractivity (Wildman–Crippen MR) is 95.7 cm³/mol. The number of rotatable bonds is 3. The zero-order chi connectivity index (χ0) is 16.4. The van der Waals surface area contributed by atoms with Crippen LogP contribution in [0.15, 0.2) is 47.7 Å². The number of aryl methyl sites for hydroxylation is 1. The van der Waals surface area contributed by atoms with Crippen molar-refractivity contribution < 1.29 is 5.11 Å². The monoisotopic (exact) mass is 311 g/mol. The summed E-state index contributed by atoms with van der Waals surface area (Å²) < 4.78 is 0. The highest BCUT2D eigenvalue weighted by atomic mass is 16.3. The summed E-state index contributed by atoms with van der Waals surface area (Å²) in [5.74, 6) is 0.437. The molecule has 2 heterocycles. The van der Waals surface area contributed by atoms with Gasteiger partial charge in [0.05, 0.1) is 11.8 Å². The number of aliphatic hydroxyl groups excluding tert-OH is 1. The van der Waals surface area contributed by atoms with Crippen molar-refractivity contribution >= 4 is 11.4 Å². The van der Waals surface area contributed by atoms with E-state index in [-0.39, 0.29) is 6.10 Å². The molecule has 0 aliphatic carbocycles. The van der Waals surface area contributed by atoms with E-state index in [2.05, 4.69) is 47.1 Å². The first-order chi connectivity index (χ1) is 11.0. The Balaban J connectivity index is 1.73. The lowest BCUT2D eigenvalue weighted by atomic mass is 9.91. The summed E-state index contributed by atoms with van der Waals surface area (Å²) in [7, 11) is 0. The number of benzene rings is 1. The molecule has 2 aliphatic heterocycles. The van der Waals surface area contributed by atoms with Crippen LogP contribution in [0.3, 0.4) is 0 Å². The molecule has 23 heavy (non-hydrogen) atoms. The first-order valence-corrected chi connectivity index (χ1v) is 8.29. The molecule has 0 aromatic heterocycles. The van der Waals surface area contributed by atoms with Gasteiger partial charge in [0.25, 0.3) is 0 Å². The van der Waals surface area contributed by atoms with E-state index >= 15 is 0 Å². The lowest BCUT2D eigenvalue weighted by Crippen LogP contribution is -2.37. The number of aliphatic hydroxyl groups is 1. The van der Waals surface area contributed by atoms with Gasteiger partial charge in [-0.15, -0.1) is 0 Å². The quantitative estimate of drug-likeness (QED) is 0.902. The predicted octanol–water partition coefficient (Wildman–Crippen LogP) is 2.97. The molecule has 0 saturated carbocycles. The molecule has 122 valence electrons. The summed E-state index contributed by atoms with van der Waals surface area (Å²) >= 11 is 0. The Morgan fingerprint density at radius 3 is 2.61 bits per heavy atom. The Kier molecular flexibility index (Phi) is 4.53. The van der Waals surface area contributed by atoms with Crippen LogP contribution in [-0.4, -0.2) is 30.0 Å². The van der Waals surface area contributed by atoms with Gasteiger partial charge in [0, 0.05) is 30.0 Å². The van der Waals surface area contributed by atoms with Gasteiger partial charge in [0.1, 0.15) is 0 Å². The second-order valence-electron chi connectivity index (χ2n) is 6.53. The molecule has 1 aromatic carbocycles. The fourth-order valence-electron chi connectivity index (χ4n) is 3.34. The second-order valence-corrected chi connectivity index (χ2v) is 6.53. The van der Waals surface area contributed by atoms with Gasteiger partial charge in [-0.3, -0.25) is 5.43 Å². The van der Waals surface area contributed by atoms with E-state index in [0.29, 0.717) is 5.92 Å². The number of anilines is 1. The molecule has 2 aliphatic rings. The molecule has 4 nitrogen and oxygen atoms in total. The van der Waals surface area contributed by atoms with Crippen LogP contribution in [0.2, 0.25) is 0 Å². The van der Waals surface area contributed by atoms with Crippen LogP contribution >= 0.6 is 0 Å². The fourth-order valence-corrected chi connectivity index (χ4v) is 3.34. The molecule has 0 radical (unpaired) electrons. The molecular weight excluding hydrogens is 286 g/mol. The average molecular weight is 311 g/mol. The summed E-state index contributed by atoms with van der Waals surface area (Å²) in [5.41, 5.74) is 8.32. The third-order valence-corrected chi connectivity index (χ3v) is 4.82. The smallest absolute Gasteiger partial charge is 0.0906 e. The maximum Gasteiger partial charge on any atom is 0.0906 e. The van der Waals surface area contributed by atoms with Crippen LogP contribution in [0.25, 0.3) is 0 Å².